The van der Waals surface area contributed by atoms with Crippen molar-refractivity contribution in [2.45, 2.75) is 0 Å². The molecule has 0 radical (unpaired) electrons. The maximum Gasteiger partial charge on any atom is 0.256 e. The smallest absolute Gasteiger partial charge is 0.256 e. The summed E-state index contributed by atoms with van der Waals surface area (Å²) in [7, 11) is 6.83. The van der Waals surface area contributed by atoms with Gasteiger partial charge in [-0.25, -0.2) is 4.98 Å². The molecule has 9 heteroatoms. The molecule has 2 N–H and O–H groups in total. The molecule has 2 amide bonds. The van der Waals surface area contributed by atoms with Gasteiger partial charge in [0.15, 0.2) is 11.6 Å². The van der Waals surface area contributed by atoms with Crippen LogP contribution < -0.4 is 15.4 Å². The molecule has 8 nitrogen and oxygen atoms in total. The van der Waals surface area contributed by atoms with E-state index < -0.39 is 0 Å². The van der Waals surface area contributed by atoms with Crippen LogP contribution in [0.4, 0.5) is 5.69 Å². The predicted molar refractivity (Wildman–Crippen MR) is 124 cm³/mol. The van der Waals surface area contributed by atoms with Crippen molar-refractivity contribution in [3.63, 3.8) is 0 Å². The highest BCUT2D eigenvalue weighted by molar-refractivity contribution is 6.30. The Labute approximate surface area is 189 Å². The van der Waals surface area contributed by atoms with Crippen LogP contribution in [0, 0.1) is 0 Å². The second-order valence-electron chi connectivity index (χ2n) is 7.27. The van der Waals surface area contributed by atoms with Crippen molar-refractivity contribution in [3.8, 4) is 17.3 Å². The predicted octanol–water partition coefficient (Wildman–Crippen LogP) is 3.85. The molecule has 0 bridgehead atoms. The highest BCUT2D eigenvalue weighted by Gasteiger charge is 2.24. The first-order valence-electron chi connectivity index (χ1n) is 9.83. The van der Waals surface area contributed by atoms with Crippen LogP contribution in [0.3, 0.4) is 0 Å². The van der Waals surface area contributed by atoms with E-state index in [1.165, 1.54) is 7.11 Å². The quantitative estimate of drug-likeness (QED) is 0.482. The molecule has 2 aromatic carbocycles. The van der Waals surface area contributed by atoms with E-state index in [0.29, 0.717) is 44.6 Å². The first-order valence-corrected chi connectivity index (χ1v) is 10.2. The van der Waals surface area contributed by atoms with Crippen LogP contribution in [-0.4, -0.2) is 40.1 Å². The van der Waals surface area contributed by atoms with Crippen molar-refractivity contribution >= 4 is 40.1 Å². The number of methoxy groups -OCH3 is 1. The van der Waals surface area contributed by atoms with Crippen molar-refractivity contribution in [1.82, 2.24) is 19.4 Å². The summed E-state index contributed by atoms with van der Waals surface area (Å²) < 4.78 is 9.29. The van der Waals surface area contributed by atoms with Crippen LogP contribution in [-0.2, 0) is 14.1 Å². The molecular weight excluding hydrogens is 430 g/mol. The van der Waals surface area contributed by atoms with E-state index in [1.54, 1.807) is 37.5 Å². The van der Waals surface area contributed by atoms with Crippen molar-refractivity contribution < 1.29 is 14.3 Å². The summed E-state index contributed by atoms with van der Waals surface area (Å²) in [6.45, 7) is 0. The molecule has 2 heterocycles. The van der Waals surface area contributed by atoms with Gasteiger partial charge < -0.3 is 24.5 Å². The number of anilines is 1. The van der Waals surface area contributed by atoms with Gasteiger partial charge >= 0.3 is 0 Å². The number of hydrogen-bond acceptors (Lipinski definition) is 4. The van der Waals surface area contributed by atoms with Gasteiger partial charge in [-0.1, -0.05) is 11.6 Å². The SMILES string of the molecule is CNC(=O)c1cn(C)c(-c2nc3cc(NC(=O)c4ccc(Cl)cc4)ccc3n2C)c1OC. The molecule has 164 valence electrons. The van der Waals surface area contributed by atoms with Crippen LogP contribution in [0.2, 0.25) is 5.02 Å². The van der Waals surface area contributed by atoms with Gasteiger partial charge in [-0.3, -0.25) is 9.59 Å². The number of rotatable bonds is 5. The Bertz CT molecular complexity index is 1340. The summed E-state index contributed by atoms with van der Waals surface area (Å²) in [6.07, 6.45) is 1.71. The van der Waals surface area contributed by atoms with E-state index in [0.717, 1.165) is 5.52 Å². The van der Waals surface area contributed by atoms with Gasteiger partial charge in [0.2, 0.25) is 0 Å². The number of carbonyl (C=O) groups excluding carboxylic acids is 2. The molecule has 32 heavy (non-hydrogen) atoms. The number of fused-ring (bicyclic) bond motifs is 1. The Kier molecular flexibility index (Phi) is 5.63. The summed E-state index contributed by atoms with van der Waals surface area (Å²) in [6, 6.07) is 12.2. The number of ether oxygens (including phenoxy) is 1. The summed E-state index contributed by atoms with van der Waals surface area (Å²) in [5, 5.41) is 6.08. The summed E-state index contributed by atoms with van der Waals surface area (Å²) in [4.78, 5) is 29.6. The zero-order chi connectivity index (χ0) is 23.0. The van der Waals surface area contributed by atoms with Crippen LogP contribution in [0.15, 0.2) is 48.7 Å². The Morgan fingerprint density at radius 2 is 1.78 bits per heavy atom. The van der Waals surface area contributed by atoms with Gasteiger partial charge in [-0.2, -0.15) is 0 Å². The van der Waals surface area contributed by atoms with Gasteiger partial charge in [0.1, 0.15) is 5.69 Å². The normalized spacial score (nSPS) is 10.9. The van der Waals surface area contributed by atoms with Gasteiger partial charge in [0.25, 0.3) is 11.8 Å². The van der Waals surface area contributed by atoms with E-state index in [2.05, 4.69) is 10.6 Å². The molecular formula is C23H22ClN5O3. The molecule has 0 fully saturated rings. The average Bonchev–Trinajstić information content (AvgIpc) is 3.29. The van der Waals surface area contributed by atoms with Gasteiger partial charge in [-0.05, 0) is 42.5 Å². The minimum absolute atomic E-state index is 0.239. The topological polar surface area (TPSA) is 90.2 Å². The third-order valence-corrected chi connectivity index (χ3v) is 5.52. The van der Waals surface area contributed by atoms with Gasteiger partial charge in [-0.15, -0.1) is 0 Å². The minimum Gasteiger partial charge on any atom is -0.494 e. The number of imidazole rings is 1. The highest BCUT2D eigenvalue weighted by atomic mass is 35.5. The molecule has 0 atom stereocenters. The lowest BCUT2D eigenvalue weighted by Crippen LogP contribution is -2.17. The number of carbonyl (C=O) groups is 2. The van der Waals surface area contributed by atoms with Crippen molar-refractivity contribution in [3.05, 3.63) is 64.8 Å². The number of nitrogens with one attached hydrogen (secondary N) is 2. The second kappa shape index (κ2) is 8.39. The van der Waals surface area contributed by atoms with E-state index in [-0.39, 0.29) is 11.8 Å². The highest BCUT2D eigenvalue weighted by Crippen LogP contribution is 2.35. The summed E-state index contributed by atoms with van der Waals surface area (Å²) >= 11 is 5.89. The number of aryl methyl sites for hydroxylation is 2. The van der Waals surface area contributed by atoms with E-state index >= 15 is 0 Å². The van der Waals surface area contributed by atoms with Crippen molar-refractivity contribution in [2.24, 2.45) is 14.1 Å². The lowest BCUT2D eigenvalue weighted by Gasteiger charge is -2.08. The first-order chi connectivity index (χ1) is 15.3. The minimum atomic E-state index is -0.241. The largest absolute Gasteiger partial charge is 0.494 e. The van der Waals surface area contributed by atoms with Crippen LogP contribution >= 0.6 is 11.6 Å². The molecule has 4 aromatic rings. The Morgan fingerprint density at radius 3 is 2.44 bits per heavy atom. The molecule has 0 aliphatic rings. The number of aromatic nitrogens is 3. The van der Waals surface area contributed by atoms with E-state index in [9.17, 15) is 9.59 Å². The lowest BCUT2D eigenvalue weighted by atomic mass is 10.2. The standard InChI is InChI=1S/C23H22ClN5O3/c1-25-23(31)16-12-28(2)19(20(16)32-4)21-27-17-11-15(9-10-18(17)29(21)3)26-22(30)13-5-7-14(24)8-6-13/h5-12H,1-4H3,(H,25,31)(H,26,30). The summed E-state index contributed by atoms with van der Waals surface area (Å²) in [5.74, 6) is 0.600. The second-order valence-corrected chi connectivity index (χ2v) is 7.71. The maximum absolute atomic E-state index is 12.5. The molecule has 0 saturated heterocycles. The fourth-order valence-corrected chi connectivity index (χ4v) is 3.79. The number of hydrogen-bond donors (Lipinski definition) is 2. The fraction of sp³-hybridized carbons (Fsp3) is 0.174. The molecule has 0 unspecified atom stereocenters. The Hall–Kier alpha value is -3.78. The van der Waals surface area contributed by atoms with Crippen LogP contribution in [0.5, 0.6) is 5.75 Å². The third-order valence-electron chi connectivity index (χ3n) is 5.27. The van der Waals surface area contributed by atoms with E-state index in [1.807, 2.05) is 41.4 Å². The number of nitrogens with zero attached hydrogens (tertiary/aromatic N) is 3. The number of halogens is 1. The Morgan fingerprint density at radius 1 is 1.06 bits per heavy atom. The zero-order valence-electron chi connectivity index (χ0n) is 18.1. The fourth-order valence-electron chi connectivity index (χ4n) is 3.66. The molecule has 0 aliphatic heterocycles. The lowest BCUT2D eigenvalue weighted by molar-refractivity contribution is 0.0959. The van der Waals surface area contributed by atoms with Crippen LogP contribution in [0.25, 0.3) is 22.6 Å². The maximum atomic E-state index is 12.5. The van der Waals surface area contributed by atoms with Gasteiger partial charge in [0, 0.05) is 43.6 Å². The Balaban J connectivity index is 1.73. The van der Waals surface area contributed by atoms with E-state index in [4.69, 9.17) is 21.3 Å². The number of amides is 2. The molecule has 0 spiro atoms. The molecule has 2 aromatic heterocycles. The molecule has 4 rings (SSSR count). The molecule has 0 aliphatic carbocycles. The average molecular weight is 452 g/mol. The zero-order valence-corrected chi connectivity index (χ0v) is 18.8. The third kappa shape index (κ3) is 3.69. The van der Waals surface area contributed by atoms with Crippen molar-refractivity contribution in [2.75, 3.05) is 19.5 Å². The van der Waals surface area contributed by atoms with Crippen molar-refractivity contribution in [1.29, 1.82) is 0 Å². The molecule has 0 saturated carbocycles. The monoisotopic (exact) mass is 451 g/mol. The van der Waals surface area contributed by atoms with Gasteiger partial charge in [0.05, 0.1) is 23.7 Å². The number of benzene rings is 2. The first kappa shape index (κ1) is 21.5. The summed E-state index contributed by atoms with van der Waals surface area (Å²) in [5.41, 5.74) is 3.79. The van der Waals surface area contributed by atoms with Crippen LogP contribution in [0.1, 0.15) is 20.7 Å².